The normalized spacial score (nSPS) is 13.2. The molecule has 0 fully saturated rings. The summed E-state index contributed by atoms with van der Waals surface area (Å²) < 4.78 is 26.1. The summed E-state index contributed by atoms with van der Waals surface area (Å²) in [6.45, 7) is 10.6. The lowest BCUT2D eigenvalue weighted by molar-refractivity contribution is 0.0501. The number of benzene rings is 3. The molecule has 0 N–H and O–H groups in total. The number of hydrogen-bond donors (Lipinski definition) is 0. The zero-order chi connectivity index (χ0) is 23.0. The number of hydrogen-bond acceptors (Lipinski definition) is 2. The summed E-state index contributed by atoms with van der Waals surface area (Å²) in [5.41, 5.74) is 9.89. The molecule has 0 amide bonds. The van der Waals surface area contributed by atoms with Crippen molar-refractivity contribution in [1.82, 2.24) is 0 Å². The Kier molecular flexibility index (Phi) is 5.96. The number of rotatable bonds is 5. The molecule has 0 heterocycles. The molecule has 166 valence electrons. The molecule has 0 radical (unpaired) electrons. The summed E-state index contributed by atoms with van der Waals surface area (Å²) in [4.78, 5) is 0. The molecule has 0 unspecified atom stereocenters. The maximum Gasteiger partial charge on any atom is 0.188 e. The van der Waals surface area contributed by atoms with Crippen molar-refractivity contribution in [3.63, 3.8) is 0 Å². The minimum absolute atomic E-state index is 0.108. The lowest BCUT2D eigenvalue weighted by Crippen LogP contribution is -2.15. The molecule has 0 bridgehead atoms. The Morgan fingerprint density at radius 2 is 1.59 bits per heavy atom. The van der Waals surface area contributed by atoms with Crippen LogP contribution in [0, 0.1) is 19.7 Å². The van der Waals surface area contributed by atoms with E-state index in [1.165, 1.54) is 27.8 Å². The smallest absolute Gasteiger partial charge is 0.188 e. The lowest BCUT2D eigenvalue weighted by Gasteiger charge is -2.26. The lowest BCUT2D eigenvalue weighted by atomic mass is 9.83. The largest absolute Gasteiger partial charge is 0.467 e. The van der Waals surface area contributed by atoms with Gasteiger partial charge in [0.1, 0.15) is 11.6 Å². The van der Waals surface area contributed by atoms with E-state index < -0.39 is 0 Å². The zero-order valence-electron chi connectivity index (χ0n) is 19.8. The van der Waals surface area contributed by atoms with Crippen molar-refractivity contribution < 1.29 is 13.9 Å². The van der Waals surface area contributed by atoms with Gasteiger partial charge in [-0.3, -0.25) is 0 Å². The maximum absolute atomic E-state index is 14.9. The van der Waals surface area contributed by atoms with Crippen molar-refractivity contribution in [2.24, 2.45) is 0 Å². The summed E-state index contributed by atoms with van der Waals surface area (Å²) >= 11 is 0. The fraction of sp³-hybridized carbons (Fsp3) is 0.310. The highest BCUT2D eigenvalue weighted by Gasteiger charge is 2.26. The standard InChI is InChI=1S/C29H31FO2/c1-18-11-12-19(2)25-14-20(13-24(18)25)22-9-7-8-10-23(22)26-15-21(30)16-27(29(3,4)5)28(26)32-17-31-6/h7-13,15-16H,14,17H2,1-6H3. The minimum atomic E-state index is -0.286. The van der Waals surface area contributed by atoms with Gasteiger partial charge in [0.15, 0.2) is 6.79 Å². The number of fused-ring (bicyclic) bond motifs is 1. The molecule has 1 aliphatic carbocycles. The molecule has 3 aromatic rings. The molecule has 32 heavy (non-hydrogen) atoms. The van der Waals surface area contributed by atoms with Crippen molar-refractivity contribution in [2.45, 2.75) is 46.5 Å². The summed E-state index contributed by atoms with van der Waals surface area (Å²) in [6.07, 6.45) is 3.16. The van der Waals surface area contributed by atoms with E-state index in [-0.39, 0.29) is 18.0 Å². The first kappa shape index (κ1) is 22.3. The van der Waals surface area contributed by atoms with Gasteiger partial charge in [-0.05, 0) is 76.8 Å². The molecule has 2 nitrogen and oxygen atoms in total. The van der Waals surface area contributed by atoms with Gasteiger partial charge in [-0.2, -0.15) is 0 Å². The molecule has 1 aliphatic rings. The number of ether oxygens (including phenoxy) is 2. The Balaban J connectivity index is 1.91. The third kappa shape index (κ3) is 4.10. The van der Waals surface area contributed by atoms with Crippen LogP contribution in [0.5, 0.6) is 5.75 Å². The molecule has 0 saturated carbocycles. The predicted octanol–water partition coefficient (Wildman–Crippen LogP) is 7.49. The van der Waals surface area contributed by atoms with Crippen LogP contribution >= 0.6 is 0 Å². The van der Waals surface area contributed by atoms with E-state index in [1.54, 1.807) is 19.2 Å². The molecule has 3 aromatic carbocycles. The fourth-order valence-electron chi connectivity index (χ4n) is 4.54. The second-order valence-corrected chi connectivity index (χ2v) is 9.61. The first-order chi connectivity index (χ1) is 15.2. The van der Waals surface area contributed by atoms with E-state index in [4.69, 9.17) is 9.47 Å². The highest BCUT2D eigenvalue weighted by molar-refractivity contribution is 5.95. The fourth-order valence-corrected chi connectivity index (χ4v) is 4.54. The van der Waals surface area contributed by atoms with Gasteiger partial charge < -0.3 is 9.47 Å². The van der Waals surface area contributed by atoms with Gasteiger partial charge in [0, 0.05) is 18.2 Å². The number of methoxy groups -OCH3 is 1. The van der Waals surface area contributed by atoms with Crippen LogP contribution in [0.1, 0.15) is 54.2 Å². The van der Waals surface area contributed by atoms with Gasteiger partial charge in [-0.1, -0.05) is 63.2 Å². The van der Waals surface area contributed by atoms with Crippen molar-refractivity contribution >= 4 is 11.6 Å². The summed E-state index contributed by atoms with van der Waals surface area (Å²) in [5, 5.41) is 0. The molecule has 0 atom stereocenters. The molecule has 0 aliphatic heterocycles. The first-order valence-corrected chi connectivity index (χ1v) is 11.1. The molecule has 0 aromatic heterocycles. The van der Waals surface area contributed by atoms with Crippen LogP contribution in [0.3, 0.4) is 0 Å². The van der Waals surface area contributed by atoms with Gasteiger partial charge >= 0.3 is 0 Å². The van der Waals surface area contributed by atoms with Crippen LogP contribution in [-0.2, 0) is 16.6 Å². The molecule has 0 spiro atoms. The Morgan fingerprint density at radius 1 is 0.906 bits per heavy atom. The number of allylic oxidation sites excluding steroid dienone is 1. The van der Waals surface area contributed by atoms with Crippen molar-refractivity contribution in [1.29, 1.82) is 0 Å². The molecule has 0 saturated heterocycles. The van der Waals surface area contributed by atoms with Crippen LogP contribution < -0.4 is 4.74 Å². The van der Waals surface area contributed by atoms with Crippen molar-refractivity contribution in [3.05, 3.63) is 87.7 Å². The molecular formula is C29H31FO2. The van der Waals surface area contributed by atoms with Gasteiger partial charge in [-0.15, -0.1) is 0 Å². The summed E-state index contributed by atoms with van der Waals surface area (Å²) in [6, 6.07) is 15.8. The van der Waals surface area contributed by atoms with E-state index in [9.17, 15) is 4.39 Å². The quantitative estimate of drug-likeness (QED) is 0.391. The van der Waals surface area contributed by atoms with Crippen LogP contribution in [0.25, 0.3) is 22.8 Å². The monoisotopic (exact) mass is 430 g/mol. The van der Waals surface area contributed by atoms with Crippen LogP contribution in [0.4, 0.5) is 4.39 Å². The third-order valence-electron chi connectivity index (χ3n) is 6.24. The molecule has 3 heteroatoms. The minimum Gasteiger partial charge on any atom is -0.467 e. The first-order valence-electron chi connectivity index (χ1n) is 11.1. The second-order valence-electron chi connectivity index (χ2n) is 9.61. The van der Waals surface area contributed by atoms with Crippen molar-refractivity contribution in [3.8, 4) is 16.9 Å². The third-order valence-corrected chi connectivity index (χ3v) is 6.24. The second kappa shape index (κ2) is 8.55. The van der Waals surface area contributed by atoms with Crippen molar-refractivity contribution in [2.75, 3.05) is 13.9 Å². The van der Waals surface area contributed by atoms with E-state index >= 15 is 0 Å². The van der Waals surface area contributed by atoms with Crippen LogP contribution in [0.15, 0.2) is 48.5 Å². The highest BCUT2D eigenvalue weighted by atomic mass is 19.1. The average molecular weight is 431 g/mol. The maximum atomic E-state index is 14.9. The Hall–Kier alpha value is -2.91. The Morgan fingerprint density at radius 3 is 2.25 bits per heavy atom. The van der Waals surface area contributed by atoms with E-state index in [0.717, 1.165) is 28.7 Å². The topological polar surface area (TPSA) is 18.5 Å². The van der Waals surface area contributed by atoms with Crippen LogP contribution in [0.2, 0.25) is 0 Å². The Labute approximate surface area is 190 Å². The average Bonchev–Trinajstić information content (AvgIpc) is 3.21. The van der Waals surface area contributed by atoms with Crippen LogP contribution in [-0.4, -0.2) is 13.9 Å². The number of halogens is 1. The van der Waals surface area contributed by atoms with Gasteiger partial charge in [0.2, 0.25) is 0 Å². The van der Waals surface area contributed by atoms with Gasteiger partial charge in [0.25, 0.3) is 0 Å². The van der Waals surface area contributed by atoms with Gasteiger partial charge in [-0.25, -0.2) is 4.39 Å². The molecular weight excluding hydrogens is 399 g/mol. The van der Waals surface area contributed by atoms with Gasteiger partial charge in [0.05, 0.1) is 0 Å². The summed E-state index contributed by atoms with van der Waals surface area (Å²) in [7, 11) is 1.60. The highest BCUT2D eigenvalue weighted by Crippen LogP contribution is 2.44. The summed E-state index contributed by atoms with van der Waals surface area (Å²) in [5.74, 6) is 0.413. The number of aryl methyl sites for hydroxylation is 2. The Bertz CT molecular complexity index is 1200. The zero-order valence-corrected chi connectivity index (χ0v) is 19.8. The van der Waals surface area contributed by atoms with E-state index in [2.05, 4.69) is 65.0 Å². The SMILES string of the molecule is COCOc1c(-c2ccccc2C2=Cc3c(C)ccc(C)c3C2)cc(F)cc1C(C)(C)C. The predicted molar refractivity (Wildman–Crippen MR) is 131 cm³/mol. The molecule has 4 rings (SSSR count). The van der Waals surface area contributed by atoms with E-state index in [1.807, 2.05) is 12.1 Å². The van der Waals surface area contributed by atoms with E-state index in [0.29, 0.717) is 5.75 Å².